The Balaban J connectivity index is 4.27. The monoisotopic (exact) mass is 1150 g/mol. The van der Waals surface area contributed by atoms with E-state index in [1.54, 1.807) is 0 Å². The Kier molecular flexibility index (Phi) is 67.2. The van der Waals surface area contributed by atoms with Crippen molar-refractivity contribution in [2.24, 2.45) is 0 Å². The van der Waals surface area contributed by atoms with Gasteiger partial charge in [-0.25, -0.2) is 0 Å². The van der Waals surface area contributed by atoms with Crippen molar-refractivity contribution in [3.63, 3.8) is 0 Å². The molecule has 83 heavy (non-hydrogen) atoms. The summed E-state index contributed by atoms with van der Waals surface area (Å²) < 4.78 is 16.9. The second kappa shape index (κ2) is 70.6. The molecule has 1 unspecified atom stereocenters. The first-order valence-corrected chi connectivity index (χ1v) is 35.4. The van der Waals surface area contributed by atoms with Crippen LogP contribution in [0.2, 0.25) is 0 Å². The van der Waals surface area contributed by atoms with E-state index in [4.69, 9.17) is 14.2 Å². The van der Waals surface area contributed by atoms with Gasteiger partial charge in [-0.2, -0.15) is 0 Å². The lowest BCUT2D eigenvalue weighted by molar-refractivity contribution is -0.167. The largest absolute Gasteiger partial charge is 0.462 e. The third-order valence-corrected chi connectivity index (χ3v) is 15.2. The normalized spacial score (nSPS) is 12.8. The number of carbonyl (C=O) groups is 3. The molecule has 0 spiro atoms. The fourth-order valence-electron chi connectivity index (χ4n) is 10.0. The zero-order chi connectivity index (χ0) is 59.9. The van der Waals surface area contributed by atoms with Gasteiger partial charge in [0.05, 0.1) is 0 Å². The van der Waals surface area contributed by atoms with Crippen LogP contribution in [0.1, 0.15) is 342 Å². The molecule has 0 aromatic rings. The van der Waals surface area contributed by atoms with Crippen molar-refractivity contribution >= 4 is 17.9 Å². The van der Waals surface area contributed by atoms with Gasteiger partial charge in [-0.3, -0.25) is 14.4 Å². The van der Waals surface area contributed by atoms with Crippen LogP contribution in [-0.2, 0) is 28.6 Å². The third kappa shape index (κ3) is 68.7. The van der Waals surface area contributed by atoms with Crippen molar-refractivity contribution in [3.05, 3.63) is 109 Å². The van der Waals surface area contributed by atoms with E-state index in [2.05, 4.69) is 130 Å². The van der Waals surface area contributed by atoms with Crippen LogP contribution in [0.3, 0.4) is 0 Å². The first-order valence-electron chi connectivity index (χ1n) is 35.4. The van der Waals surface area contributed by atoms with E-state index >= 15 is 0 Å². The van der Waals surface area contributed by atoms with Gasteiger partial charge in [0, 0.05) is 19.3 Å². The van der Waals surface area contributed by atoms with E-state index in [-0.39, 0.29) is 31.1 Å². The first-order chi connectivity index (χ1) is 41.0. The van der Waals surface area contributed by atoms with Crippen molar-refractivity contribution < 1.29 is 28.6 Å². The number of esters is 3. The number of unbranched alkanes of at least 4 members (excludes halogenated alkanes) is 35. The van der Waals surface area contributed by atoms with Crippen LogP contribution in [0, 0.1) is 0 Å². The second-order valence-electron chi connectivity index (χ2n) is 23.4. The molecule has 0 saturated heterocycles. The second-order valence-corrected chi connectivity index (χ2v) is 23.4. The number of hydrogen-bond donors (Lipinski definition) is 0. The van der Waals surface area contributed by atoms with Gasteiger partial charge in [0.1, 0.15) is 13.2 Å². The molecule has 0 fully saturated rings. The van der Waals surface area contributed by atoms with Crippen LogP contribution < -0.4 is 0 Å². The Morgan fingerprint density at radius 2 is 0.470 bits per heavy atom. The number of carbonyl (C=O) groups excluding carboxylic acids is 3. The van der Waals surface area contributed by atoms with Gasteiger partial charge in [-0.15, -0.1) is 0 Å². The molecule has 0 aliphatic carbocycles. The van der Waals surface area contributed by atoms with Gasteiger partial charge in [0.25, 0.3) is 0 Å². The number of ether oxygens (including phenoxy) is 3. The predicted octanol–water partition coefficient (Wildman–Crippen LogP) is 24.6. The Morgan fingerprint density at radius 1 is 0.253 bits per heavy atom. The zero-order valence-electron chi connectivity index (χ0n) is 54.7. The first kappa shape index (κ1) is 79.1. The maximum absolute atomic E-state index is 12.9. The van der Waals surface area contributed by atoms with Gasteiger partial charge < -0.3 is 14.2 Å². The summed E-state index contributed by atoms with van der Waals surface area (Å²) >= 11 is 0. The smallest absolute Gasteiger partial charge is 0.306 e. The quantitative estimate of drug-likeness (QED) is 0.0261. The molecular formula is C77H132O6. The molecule has 0 saturated carbocycles. The fraction of sp³-hybridized carbons (Fsp3) is 0.727. The molecule has 6 nitrogen and oxygen atoms in total. The summed E-state index contributed by atoms with van der Waals surface area (Å²) in [6, 6.07) is 0. The van der Waals surface area contributed by atoms with E-state index in [0.717, 1.165) is 122 Å². The summed E-state index contributed by atoms with van der Waals surface area (Å²) in [6.45, 7) is 6.40. The van der Waals surface area contributed by atoms with Gasteiger partial charge in [-0.1, -0.05) is 310 Å². The average molecular weight is 1150 g/mol. The van der Waals surface area contributed by atoms with Crippen LogP contribution in [0.25, 0.3) is 0 Å². The number of allylic oxidation sites excluding steroid dienone is 18. The summed E-state index contributed by atoms with van der Waals surface area (Å²) in [6.07, 6.45) is 97.1. The van der Waals surface area contributed by atoms with E-state index in [1.165, 1.54) is 180 Å². The molecule has 476 valence electrons. The van der Waals surface area contributed by atoms with E-state index in [9.17, 15) is 14.4 Å². The summed E-state index contributed by atoms with van der Waals surface area (Å²) in [7, 11) is 0. The minimum Gasteiger partial charge on any atom is -0.462 e. The third-order valence-electron chi connectivity index (χ3n) is 15.2. The topological polar surface area (TPSA) is 78.9 Å². The minimum atomic E-state index is -0.806. The Morgan fingerprint density at radius 3 is 0.771 bits per heavy atom. The molecule has 0 aromatic carbocycles. The highest BCUT2D eigenvalue weighted by molar-refractivity contribution is 5.71. The summed E-state index contributed by atoms with van der Waals surface area (Å²) in [4.78, 5) is 38.4. The van der Waals surface area contributed by atoms with Gasteiger partial charge in [0.15, 0.2) is 6.10 Å². The predicted molar refractivity (Wildman–Crippen MR) is 362 cm³/mol. The van der Waals surface area contributed by atoms with Crippen molar-refractivity contribution in [1.29, 1.82) is 0 Å². The molecule has 0 aliphatic heterocycles. The highest BCUT2D eigenvalue weighted by Crippen LogP contribution is 2.17. The maximum atomic E-state index is 12.9. The SMILES string of the molecule is CC/C=C\C/C=C\C/C=C\C/C=C\CCCCCCCCC(=O)OC(COC(=O)CCCC/C=C\C/C=C\C/C=C\C/C=C\CC)COC(=O)CCCCCCCCCCCCCCCCCCCCC/C=C\CCCCCCCCCC. The van der Waals surface area contributed by atoms with Crippen LogP contribution in [0.15, 0.2) is 109 Å². The minimum absolute atomic E-state index is 0.0962. The van der Waals surface area contributed by atoms with E-state index < -0.39 is 6.10 Å². The van der Waals surface area contributed by atoms with Crippen molar-refractivity contribution in [2.45, 2.75) is 348 Å². The lowest BCUT2D eigenvalue weighted by Crippen LogP contribution is -2.30. The summed E-state index contributed by atoms with van der Waals surface area (Å²) in [5.74, 6) is -0.942. The van der Waals surface area contributed by atoms with Crippen LogP contribution in [0.4, 0.5) is 0 Å². The molecule has 0 heterocycles. The molecule has 0 bridgehead atoms. The molecule has 0 amide bonds. The molecular weight excluding hydrogens is 1020 g/mol. The summed E-state index contributed by atoms with van der Waals surface area (Å²) in [5.41, 5.74) is 0. The van der Waals surface area contributed by atoms with Gasteiger partial charge in [-0.05, 0) is 122 Å². The highest BCUT2D eigenvalue weighted by Gasteiger charge is 2.19. The van der Waals surface area contributed by atoms with E-state index in [1.807, 2.05) is 0 Å². The van der Waals surface area contributed by atoms with Gasteiger partial charge in [0.2, 0.25) is 0 Å². The molecule has 0 rings (SSSR count). The lowest BCUT2D eigenvalue weighted by Gasteiger charge is -2.18. The Hall–Kier alpha value is -3.93. The Bertz CT molecular complexity index is 1660. The molecule has 6 heteroatoms. The van der Waals surface area contributed by atoms with Crippen molar-refractivity contribution in [2.75, 3.05) is 13.2 Å². The number of rotatable bonds is 64. The van der Waals surface area contributed by atoms with Crippen molar-refractivity contribution in [1.82, 2.24) is 0 Å². The standard InChI is InChI=1S/C77H132O6/c1-4-7-10-13-16-19-22-25-28-30-32-33-34-35-36-37-38-39-40-41-42-43-45-46-49-52-55-58-61-64-67-70-76(79)82-73-74(72-81-75(78)69-66-63-60-57-54-51-48-27-24-21-18-15-12-9-6-3)83-77(80)71-68-65-62-59-56-53-50-47-44-31-29-26-23-20-17-14-11-8-5-2/h8-9,11-12,17-18,20-21,26-27,29-30,32,44,47-48,54,57,74H,4-7,10,13-16,19,22-25,28,31,33-43,45-46,49-53,55-56,58-73H2,1-3H3/b11-8-,12-9-,20-17-,21-18-,29-26-,32-30-,47-44-,48-27-,57-54-. The molecule has 0 radical (unpaired) electrons. The summed E-state index contributed by atoms with van der Waals surface area (Å²) in [5, 5.41) is 0. The molecule has 0 N–H and O–H groups in total. The zero-order valence-corrected chi connectivity index (χ0v) is 54.7. The molecule has 0 aliphatic rings. The van der Waals surface area contributed by atoms with Crippen LogP contribution >= 0.6 is 0 Å². The maximum Gasteiger partial charge on any atom is 0.306 e. The molecule has 1 atom stereocenters. The highest BCUT2D eigenvalue weighted by atomic mass is 16.6. The van der Waals surface area contributed by atoms with Crippen LogP contribution in [0.5, 0.6) is 0 Å². The van der Waals surface area contributed by atoms with Crippen molar-refractivity contribution in [3.8, 4) is 0 Å². The van der Waals surface area contributed by atoms with E-state index in [0.29, 0.717) is 19.3 Å². The van der Waals surface area contributed by atoms with Gasteiger partial charge >= 0.3 is 17.9 Å². The lowest BCUT2D eigenvalue weighted by atomic mass is 10.0. The van der Waals surface area contributed by atoms with Crippen LogP contribution in [-0.4, -0.2) is 37.2 Å². The molecule has 0 aromatic heterocycles. The average Bonchev–Trinajstić information content (AvgIpc) is 3.49. The fourth-order valence-corrected chi connectivity index (χ4v) is 10.0. The Labute approximate surface area is 514 Å². The number of hydrogen-bond acceptors (Lipinski definition) is 6.